The molecule has 132 valence electrons. The lowest BCUT2D eigenvalue weighted by Gasteiger charge is -2.13. The number of hydrogen-bond donors (Lipinski definition) is 1. The van der Waals surface area contributed by atoms with E-state index in [-0.39, 0.29) is 12.0 Å². The van der Waals surface area contributed by atoms with Gasteiger partial charge in [0.2, 0.25) is 0 Å². The van der Waals surface area contributed by atoms with Gasteiger partial charge in [0, 0.05) is 24.4 Å². The van der Waals surface area contributed by atoms with E-state index in [2.05, 4.69) is 34.3 Å². The highest BCUT2D eigenvalue weighted by atomic mass is 32.1. The van der Waals surface area contributed by atoms with Gasteiger partial charge in [0.15, 0.2) is 0 Å². The summed E-state index contributed by atoms with van der Waals surface area (Å²) in [5, 5.41) is 4.93. The predicted octanol–water partition coefficient (Wildman–Crippen LogP) is 3.56. The van der Waals surface area contributed by atoms with Crippen molar-refractivity contribution in [3.8, 4) is 17.0 Å². The second kappa shape index (κ2) is 6.88. The maximum Gasteiger partial charge on any atom is 0.261 e. The van der Waals surface area contributed by atoms with Gasteiger partial charge in [0.1, 0.15) is 11.9 Å². The number of carbonyl (C=O) groups excluding carboxylic acids is 1. The van der Waals surface area contributed by atoms with Gasteiger partial charge in [0.25, 0.3) is 5.91 Å². The van der Waals surface area contributed by atoms with Crippen LogP contribution in [0.4, 0.5) is 0 Å². The van der Waals surface area contributed by atoms with Crippen molar-refractivity contribution in [2.24, 2.45) is 0 Å². The summed E-state index contributed by atoms with van der Waals surface area (Å²) >= 11 is 1.46. The number of amides is 1. The Morgan fingerprint density at radius 1 is 1.35 bits per heavy atom. The molecule has 1 N–H and O–H groups in total. The summed E-state index contributed by atoms with van der Waals surface area (Å²) in [7, 11) is 0. The molecule has 26 heavy (non-hydrogen) atoms. The van der Waals surface area contributed by atoms with Crippen LogP contribution >= 0.6 is 11.3 Å². The molecule has 0 spiro atoms. The molecule has 1 aromatic carbocycles. The van der Waals surface area contributed by atoms with E-state index in [1.165, 1.54) is 11.3 Å². The Kier molecular flexibility index (Phi) is 4.42. The summed E-state index contributed by atoms with van der Waals surface area (Å²) in [5.41, 5.74) is 5.06. The van der Waals surface area contributed by atoms with Gasteiger partial charge in [-0.05, 0) is 48.1 Å². The van der Waals surface area contributed by atoms with E-state index < -0.39 is 0 Å². The summed E-state index contributed by atoms with van der Waals surface area (Å²) < 4.78 is 6.17. The van der Waals surface area contributed by atoms with Crippen LogP contribution in [0.5, 0.6) is 5.75 Å². The number of rotatable bonds is 4. The molecule has 3 heterocycles. The molecule has 0 saturated heterocycles. The highest BCUT2D eigenvalue weighted by Gasteiger charge is 2.27. The average molecular weight is 365 g/mol. The zero-order chi connectivity index (χ0) is 18.1. The van der Waals surface area contributed by atoms with Crippen LogP contribution in [-0.4, -0.2) is 28.5 Å². The molecule has 0 bridgehead atoms. The molecular formula is C20H19N3O2S. The molecule has 1 aliphatic rings. The molecular weight excluding hydrogens is 346 g/mol. The van der Waals surface area contributed by atoms with Crippen molar-refractivity contribution in [3.63, 3.8) is 0 Å². The summed E-state index contributed by atoms with van der Waals surface area (Å²) in [4.78, 5) is 21.6. The molecule has 0 aliphatic carbocycles. The van der Waals surface area contributed by atoms with E-state index in [1.807, 2.05) is 18.4 Å². The van der Waals surface area contributed by atoms with Gasteiger partial charge >= 0.3 is 0 Å². The third-order valence-corrected chi connectivity index (χ3v) is 5.46. The van der Waals surface area contributed by atoms with Crippen molar-refractivity contribution in [3.05, 3.63) is 63.7 Å². The smallest absolute Gasteiger partial charge is 0.261 e. The number of nitrogens with one attached hydrogen (secondary N) is 1. The average Bonchev–Trinajstić information content (AvgIpc) is 3.25. The van der Waals surface area contributed by atoms with Crippen LogP contribution in [0.25, 0.3) is 11.3 Å². The number of carbonyl (C=O) groups is 1. The SMILES string of the molecule is Cc1cc2c(c(-c3cnccn3)c1)OC(CNC(=O)c1sccc1C)C2. The Labute approximate surface area is 156 Å². The number of hydrogen-bond acceptors (Lipinski definition) is 5. The first-order valence-electron chi connectivity index (χ1n) is 8.50. The van der Waals surface area contributed by atoms with Gasteiger partial charge in [-0.3, -0.25) is 14.8 Å². The minimum atomic E-state index is -0.0774. The molecule has 3 aromatic rings. The van der Waals surface area contributed by atoms with Crippen molar-refractivity contribution in [1.29, 1.82) is 0 Å². The highest BCUT2D eigenvalue weighted by Crippen LogP contribution is 2.38. The topological polar surface area (TPSA) is 64.1 Å². The van der Waals surface area contributed by atoms with Crippen LogP contribution in [0.1, 0.15) is 26.4 Å². The van der Waals surface area contributed by atoms with Crippen molar-refractivity contribution < 1.29 is 9.53 Å². The van der Waals surface area contributed by atoms with E-state index in [9.17, 15) is 4.79 Å². The molecule has 2 aromatic heterocycles. The normalized spacial score (nSPS) is 15.4. The van der Waals surface area contributed by atoms with Crippen LogP contribution in [0.2, 0.25) is 0 Å². The Bertz CT molecular complexity index is 953. The Morgan fingerprint density at radius 2 is 2.23 bits per heavy atom. The fraction of sp³-hybridized carbons (Fsp3) is 0.250. The first-order valence-corrected chi connectivity index (χ1v) is 9.38. The lowest BCUT2D eigenvalue weighted by atomic mass is 10.0. The maximum atomic E-state index is 12.3. The van der Waals surface area contributed by atoms with E-state index in [0.29, 0.717) is 6.54 Å². The Morgan fingerprint density at radius 3 is 2.96 bits per heavy atom. The number of ether oxygens (including phenoxy) is 1. The fourth-order valence-corrected chi connectivity index (χ4v) is 4.07. The minimum absolute atomic E-state index is 0.0395. The zero-order valence-electron chi connectivity index (χ0n) is 14.7. The summed E-state index contributed by atoms with van der Waals surface area (Å²) in [6.45, 7) is 4.49. The lowest BCUT2D eigenvalue weighted by molar-refractivity contribution is 0.0937. The van der Waals surface area contributed by atoms with Gasteiger partial charge in [-0.15, -0.1) is 11.3 Å². The molecule has 0 saturated carbocycles. The van der Waals surface area contributed by atoms with E-state index in [0.717, 1.165) is 45.0 Å². The van der Waals surface area contributed by atoms with Crippen LogP contribution in [-0.2, 0) is 6.42 Å². The zero-order valence-corrected chi connectivity index (χ0v) is 15.5. The van der Waals surface area contributed by atoms with Gasteiger partial charge in [-0.25, -0.2) is 0 Å². The number of benzene rings is 1. The summed E-state index contributed by atoms with van der Waals surface area (Å²) in [5.74, 6) is 0.810. The molecule has 1 atom stereocenters. The maximum absolute atomic E-state index is 12.3. The number of aromatic nitrogens is 2. The number of nitrogens with zero attached hydrogens (tertiary/aromatic N) is 2. The monoisotopic (exact) mass is 365 g/mol. The minimum Gasteiger partial charge on any atom is -0.487 e. The van der Waals surface area contributed by atoms with Crippen LogP contribution in [0.3, 0.4) is 0 Å². The largest absolute Gasteiger partial charge is 0.487 e. The van der Waals surface area contributed by atoms with Crippen molar-refractivity contribution >= 4 is 17.2 Å². The predicted molar refractivity (Wildman–Crippen MR) is 102 cm³/mol. The van der Waals surface area contributed by atoms with Gasteiger partial charge in [-0.2, -0.15) is 0 Å². The van der Waals surface area contributed by atoms with Crippen molar-refractivity contribution in [2.45, 2.75) is 26.4 Å². The lowest BCUT2D eigenvalue weighted by Crippen LogP contribution is -2.34. The van der Waals surface area contributed by atoms with Crippen LogP contribution < -0.4 is 10.1 Å². The van der Waals surface area contributed by atoms with Crippen LogP contribution in [0.15, 0.2) is 42.2 Å². The van der Waals surface area contributed by atoms with E-state index in [4.69, 9.17) is 4.74 Å². The third-order valence-electron chi connectivity index (χ3n) is 4.44. The second-order valence-corrected chi connectivity index (χ2v) is 7.39. The summed E-state index contributed by atoms with van der Waals surface area (Å²) in [6, 6.07) is 6.16. The molecule has 1 aliphatic heterocycles. The molecule has 4 rings (SSSR count). The van der Waals surface area contributed by atoms with Gasteiger partial charge in [-0.1, -0.05) is 6.07 Å². The number of fused-ring (bicyclic) bond motifs is 1. The molecule has 1 unspecified atom stereocenters. The third kappa shape index (κ3) is 3.20. The van der Waals surface area contributed by atoms with Gasteiger partial charge < -0.3 is 10.1 Å². The van der Waals surface area contributed by atoms with Crippen LogP contribution in [0, 0.1) is 13.8 Å². The van der Waals surface area contributed by atoms with E-state index >= 15 is 0 Å². The number of thiophene rings is 1. The standard InChI is InChI=1S/C20H19N3O2S/c1-12-7-14-9-15(10-23-20(24)19-13(2)3-6-26-19)25-18(14)16(8-12)17-11-21-4-5-22-17/h3-8,11,15H,9-10H2,1-2H3,(H,23,24). The summed E-state index contributed by atoms with van der Waals surface area (Å²) in [6.07, 6.45) is 5.78. The molecule has 5 nitrogen and oxygen atoms in total. The number of aryl methyl sites for hydroxylation is 2. The highest BCUT2D eigenvalue weighted by molar-refractivity contribution is 7.12. The first kappa shape index (κ1) is 16.7. The first-order chi connectivity index (χ1) is 12.6. The quantitative estimate of drug-likeness (QED) is 0.768. The molecule has 6 heteroatoms. The molecule has 1 amide bonds. The molecule has 0 radical (unpaired) electrons. The van der Waals surface area contributed by atoms with Crippen molar-refractivity contribution in [2.75, 3.05) is 6.54 Å². The van der Waals surface area contributed by atoms with E-state index in [1.54, 1.807) is 18.6 Å². The van der Waals surface area contributed by atoms with Crippen molar-refractivity contribution in [1.82, 2.24) is 15.3 Å². The second-order valence-electron chi connectivity index (χ2n) is 6.48. The van der Waals surface area contributed by atoms with Gasteiger partial charge in [0.05, 0.1) is 23.3 Å². The Balaban J connectivity index is 1.51. The molecule has 0 fully saturated rings. The fourth-order valence-electron chi connectivity index (χ4n) is 3.23. The Hall–Kier alpha value is -2.73.